The van der Waals surface area contributed by atoms with Crippen LogP contribution in [0.2, 0.25) is 0 Å². The van der Waals surface area contributed by atoms with Crippen LogP contribution in [0.5, 0.6) is 5.75 Å². The minimum atomic E-state index is -0.675. The van der Waals surface area contributed by atoms with Crippen molar-refractivity contribution in [3.05, 3.63) is 40.8 Å². The summed E-state index contributed by atoms with van der Waals surface area (Å²) in [4.78, 5) is 21.5. The lowest BCUT2D eigenvalue weighted by atomic mass is 9.92. The summed E-state index contributed by atoms with van der Waals surface area (Å²) >= 11 is 1.21. The number of benzene rings is 1. The average Bonchev–Trinajstić information content (AvgIpc) is 3.26. The molecule has 0 spiro atoms. The third-order valence-electron chi connectivity index (χ3n) is 5.99. The third-order valence-corrected chi connectivity index (χ3v) is 7.21. The number of aromatic nitrogens is 2. The summed E-state index contributed by atoms with van der Waals surface area (Å²) in [5, 5.41) is 3.93. The largest absolute Gasteiger partial charge is 0.485 e. The van der Waals surface area contributed by atoms with Crippen LogP contribution < -0.4 is 15.8 Å². The Labute approximate surface area is 194 Å². The maximum absolute atomic E-state index is 14.2. The molecule has 2 aromatic heterocycles. The molecular weight excluding hydrogens is 447 g/mol. The van der Waals surface area contributed by atoms with Crippen LogP contribution in [0.15, 0.2) is 24.5 Å². The number of nitrogens with two attached hydrogens (primary N) is 1. The van der Waals surface area contributed by atoms with Crippen molar-refractivity contribution in [3.8, 4) is 5.75 Å². The number of carbonyl (C=O) groups excluding carboxylic acids is 1. The van der Waals surface area contributed by atoms with Crippen LogP contribution in [-0.4, -0.2) is 40.0 Å². The molecule has 1 amide bonds. The van der Waals surface area contributed by atoms with Crippen molar-refractivity contribution in [2.45, 2.75) is 64.1 Å². The number of ether oxygens (including phenoxy) is 3. The Balaban J connectivity index is 1.47. The minimum absolute atomic E-state index is 0.0501. The van der Waals surface area contributed by atoms with Crippen LogP contribution in [0.25, 0.3) is 10.2 Å². The van der Waals surface area contributed by atoms with E-state index < -0.39 is 17.5 Å². The van der Waals surface area contributed by atoms with E-state index in [2.05, 4.69) is 15.3 Å². The van der Waals surface area contributed by atoms with Crippen LogP contribution in [0, 0.1) is 12.7 Å². The molecule has 174 valence electrons. The lowest BCUT2D eigenvalue weighted by Gasteiger charge is -2.32. The first-order valence-electron chi connectivity index (χ1n) is 10.8. The van der Waals surface area contributed by atoms with E-state index in [4.69, 9.17) is 19.9 Å². The Bertz CT molecular complexity index is 1230. The summed E-state index contributed by atoms with van der Waals surface area (Å²) in [6, 6.07) is 4.30. The molecule has 5 rings (SSSR count). The van der Waals surface area contributed by atoms with Gasteiger partial charge in [-0.2, -0.15) is 0 Å². The second-order valence-electron chi connectivity index (χ2n) is 8.81. The molecule has 2 fully saturated rings. The SMILES string of the molecule is Cc1c(C(N)=O)sc2ncnc(Nc3ccc(F)cc3O[C@@H]3CCC[C@H]4OC(C)(C)O[C@@H]34)c12. The molecule has 3 N–H and O–H groups in total. The Kier molecular flexibility index (Phi) is 5.46. The number of primary amides is 1. The smallest absolute Gasteiger partial charge is 0.259 e. The second kappa shape index (κ2) is 8.19. The van der Waals surface area contributed by atoms with Crippen LogP contribution in [0.4, 0.5) is 15.9 Å². The van der Waals surface area contributed by atoms with Gasteiger partial charge in [-0.15, -0.1) is 11.3 Å². The maximum Gasteiger partial charge on any atom is 0.259 e. The number of fused-ring (bicyclic) bond motifs is 2. The highest BCUT2D eigenvalue weighted by Gasteiger charge is 2.48. The predicted octanol–water partition coefficient (Wildman–Crippen LogP) is 4.43. The van der Waals surface area contributed by atoms with Gasteiger partial charge in [-0.05, 0) is 57.7 Å². The number of nitrogens with one attached hydrogen (secondary N) is 1. The first-order valence-corrected chi connectivity index (χ1v) is 11.7. The molecule has 1 aromatic carbocycles. The van der Waals surface area contributed by atoms with Gasteiger partial charge in [-0.1, -0.05) is 0 Å². The minimum Gasteiger partial charge on any atom is -0.485 e. The zero-order valence-corrected chi connectivity index (χ0v) is 19.4. The molecule has 33 heavy (non-hydrogen) atoms. The first-order chi connectivity index (χ1) is 15.7. The number of anilines is 2. The quantitative estimate of drug-likeness (QED) is 0.565. The topological polar surface area (TPSA) is 109 Å². The molecule has 1 aliphatic carbocycles. The third kappa shape index (κ3) is 4.14. The van der Waals surface area contributed by atoms with Gasteiger partial charge in [0.25, 0.3) is 5.91 Å². The number of thiophene rings is 1. The Morgan fingerprint density at radius 2 is 2.12 bits per heavy atom. The predicted molar refractivity (Wildman–Crippen MR) is 122 cm³/mol. The van der Waals surface area contributed by atoms with Gasteiger partial charge in [-0.3, -0.25) is 4.79 Å². The molecule has 1 saturated heterocycles. The average molecular weight is 473 g/mol. The summed E-state index contributed by atoms with van der Waals surface area (Å²) in [5.74, 6) is -0.765. The van der Waals surface area contributed by atoms with Crippen LogP contribution in [-0.2, 0) is 9.47 Å². The number of carbonyl (C=O) groups is 1. The molecule has 8 nitrogen and oxygen atoms in total. The zero-order chi connectivity index (χ0) is 23.3. The number of hydrogen-bond acceptors (Lipinski definition) is 8. The fourth-order valence-corrected chi connectivity index (χ4v) is 5.60. The molecule has 0 bridgehead atoms. The van der Waals surface area contributed by atoms with Gasteiger partial charge in [-0.25, -0.2) is 14.4 Å². The molecule has 3 aromatic rings. The highest BCUT2D eigenvalue weighted by Crippen LogP contribution is 2.41. The van der Waals surface area contributed by atoms with Gasteiger partial charge in [0.1, 0.15) is 40.8 Å². The van der Waals surface area contributed by atoms with Crippen LogP contribution in [0.3, 0.4) is 0 Å². The van der Waals surface area contributed by atoms with Gasteiger partial charge in [0.05, 0.1) is 22.1 Å². The van der Waals surface area contributed by atoms with E-state index >= 15 is 0 Å². The number of aryl methyl sites for hydroxylation is 1. The van der Waals surface area contributed by atoms with E-state index in [0.717, 1.165) is 19.3 Å². The van der Waals surface area contributed by atoms with E-state index in [-0.39, 0.29) is 18.3 Å². The van der Waals surface area contributed by atoms with E-state index in [9.17, 15) is 9.18 Å². The highest BCUT2D eigenvalue weighted by molar-refractivity contribution is 7.20. The number of hydrogen-bond donors (Lipinski definition) is 2. The molecular formula is C23H25FN4O4S. The Morgan fingerprint density at radius 1 is 1.30 bits per heavy atom. The molecule has 3 atom stereocenters. The van der Waals surface area contributed by atoms with Crippen molar-refractivity contribution in [2.75, 3.05) is 5.32 Å². The van der Waals surface area contributed by atoms with Gasteiger partial charge in [0.2, 0.25) is 0 Å². The molecule has 10 heteroatoms. The van der Waals surface area contributed by atoms with Gasteiger partial charge >= 0.3 is 0 Å². The van der Waals surface area contributed by atoms with E-state index in [1.54, 1.807) is 13.0 Å². The van der Waals surface area contributed by atoms with Gasteiger partial charge in [0, 0.05) is 6.07 Å². The van der Waals surface area contributed by atoms with E-state index in [0.29, 0.717) is 37.9 Å². The Hall–Kier alpha value is -2.82. The van der Waals surface area contributed by atoms with Crippen molar-refractivity contribution >= 4 is 39.0 Å². The number of rotatable bonds is 5. The molecule has 2 aliphatic rings. The normalized spacial score (nSPS) is 23.9. The van der Waals surface area contributed by atoms with E-state index in [1.807, 2.05) is 13.8 Å². The van der Waals surface area contributed by atoms with Crippen molar-refractivity contribution in [1.29, 1.82) is 0 Å². The number of halogens is 1. The molecule has 1 aliphatic heterocycles. The molecule has 0 radical (unpaired) electrons. The second-order valence-corrected chi connectivity index (χ2v) is 9.81. The zero-order valence-electron chi connectivity index (χ0n) is 18.6. The van der Waals surface area contributed by atoms with Crippen molar-refractivity contribution in [3.63, 3.8) is 0 Å². The van der Waals surface area contributed by atoms with Crippen molar-refractivity contribution in [1.82, 2.24) is 9.97 Å². The van der Waals surface area contributed by atoms with Crippen molar-refractivity contribution in [2.24, 2.45) is 5.73 Å². The lowest BCUT2D eigenvalue weighted by Crippen LogP contribution is -2.42. The lowest BCUT2D eigenvalue weighted by molar-refractivity contribution is -0.151. The molecule has 3 heterocycles. The number of amides is 1. The summed E-state index contributed by atoms with van der Waals surface area (Å²) in [6.07, 6.45) is 3.47. The van der Waals surface area contributed by atoms with Crippen LogP contribution >= 0.6 is 11.3 Å². The van der Waals surface area contributed by atoms with Crippen molar-refractivity contribution < 1.29 is 23.4 Å². The standard InChI is InChI=1S/C23H25FN4O4S/c1-11-17-21(26-10-27-22(17)33-19(11)20(25)29)28-13-8-7-12(24)9-16(13)30-14-5-4-6-15-18(14)32-23(2,3)31-15/h7-10,14-15,18H,4-6H2,1-3H3,(H2,25,29)(H,26,27,28)/t14-,15-,18+/m1/s1. The summed E-state index contributed by atoms with van der Waals surface area (Å²) in [7, 11) is 0. The Morgan fingerprint density at radius 3 is 2.91 bits per heavy atom. The maximum atomic E-state index is 14.2. The van der Waals surface area contributed by atoms with E-state index in [1.165, 1.54) is 29.8 Å². The highest BCUT2D eigenvalue weighted by atomic mass is 32.1. The number of nitrogens with zero attached hydrogens (tertiary/aromatic N) is 2. The van der Waals surface area contributed by atoms with Gasteiger partial charge < -0.3 is 25.3 Å². The van der Waals surface area contributed by atoms with Gasteiger partial charge in [0.15, 0.2) is 5.79 Å². The summed E-state index contributed by atoms with van der Waals surface area (Å²) in [5.41, 5.74) is 6.75. The fourth-order valence-electron chi connectivity index (χ4n) is 4.60. The van der Waals surface area contributed by atoms with Crippen LogP contribution in [0.1, 0.15) is 48.3 Å². The monoisotopic (exact) mass is 472 g/mol. The molecule has 0 unspecified atom stereocenters. The fraction of sp³-hybridized carbons (Fsp3) is 0.435. The molecule has 1 saturated carbocycles. The summed E-state index contributed by atoms with van der Waals surface area (Å²) in [6.45, 7) is 5.58. The summed E-state index contributed by atoms with van der Waals surface area (Å²) < 4.78 is 32.6. The first kappa shape index (κ1) is 22.0.